The van der Waals surface area contributed by atoms with E-state index in [1.165, 1.54) is 10.3 Å². The van der Waals surface area contributed by atoms with Crippen LogP contribution in [0.3, 0.4) is 0 Å². The van der Waals surface area contributed by atoms with Crippen LogP contribution in [0.4, 0.5) is 5.82 Å². The highest BCUT2D eigenvalue weighted by Gasteiger charge is 2.31. The molecule has 2 aromatic rings. The van der Waals surface area contributed by atoms with Gasteiger partial charge in [-0.2, -0.15) is 0 Å². The summed E-state index contributed by atoms with van der Waals surface area (Å²) in [7, 11) is 0. The summed E-state index contributed by atoms with van der Waals surface area (Å²) in [4.78, 5) is 11.2. The lowest BCUT2D eigenvalue weighted by Gasteiger charge is -2.38. The normalized spacial score (nSPS) is 17.9. The van der Waals surface area contributed by atoms with Gasteiger partial charge in [-0.25, -0.2) is 9.97 Å². The molecule has 3 rings (SSSR count). The number of rotatable bonds is 2. The van der Waals surface area contributed by atoms with Crippen molar-refractivity contribution >= 4 is 27.4 Å². The summed E-state index contributed by atoms with van der Waals surface area (Å²) in [5.41, 5.74) is 1.72. The predicted octanol–water partition coefficient (Wildman–Crippen LogP) is 2.99. The Hall–Kier alpha value is -1.20. The lowest BCUT2D eigenvalue weighted by Crippen LogP contribution is -2.42. The Balaban J connectivity index is 1.84. The second-order valence-electron chi connectivity index (χ2n) is 6.21. The van der Waals surface area contributed by atoms with E-state index in [-0.39, 0.29) is 0 Å². The minimum Gasteiger partial charge on any atom is -0.390 e. The molecular weight excluding hydrogens is 270 g/mol. The molecule has 20 heavy (non-hydrogen) atoms. The van der Waals surface area contributed by atoms with Crippen LogP contribution in [0.5, 0.6) is 0 Å². The van der Waals surface area contributed by atoms with Crippen LogP contribution in [-0.2, 0) is 0 Å². The number of hydrogen-bond donors (Lipinski definition) is 1. The molecule has 1 fully saturated rings. The van der Waals surface area contributed by atoms with Crippen molar-refractivity contribution in [2.45, 2.75) is 39.2 Å². The summed E-state index contributed by atoms with van der Waals surface area (Å²) in [5.74, 6) is 1.43. The second kappa shape index (κ2) is 4.97. The highest BCUT2D eigenvalue weighted by Crippen LogP contribution is 2.34. The van der Waals surface area contributed by atoms with E-state index in [9.17, 15) is 5.11 Å². The number of aromatic nitrogens is 2. The summed E-state index contributed by atoms with van der Waals surface area (Å²) in [5, 5.41) is 12.3. The van der Waals surface area contributed by atoms with Crippen LogP contribution in [0, 0.1) is 12.8 Å². The summed E-state index contributed by atoms with van der Waals surface area (Å²) >= 11 is 1.72. The third-order valence-corrected chi connectivity index (χ3v) is 5.39. The van der Waals surface area contributed by atoms with Crippen molar-refractivity contribution in [2.75, 3.05) is 18.0 Å². The molecule has 0 aromatic carbocycles. The Morgan fingerprint density at radius 2 is 2.00 bits per heavy atom. The van der Waals surface area contributed by atoms with Gasteiger partial charge in [-0.15, -0.1) is 11.3 Å². The van der Waals surface area contributed by atoms with E-state index in [0.717, 1.165) is 37.3 Å². The third kappa shape index (κ3) is 2.40. The molecule has 0 amide bonds. The molecule has 2 aromatic heterocycles. The predicted molar refractivity (Wildman–Crippen MR) is 83.4 cm³/mol. The van der Waals surface area contributed by atoms with Crippen molar-refractivity contribution in [1.29, 1.82) is 0 Å². The highest BCUT2D eigenvalue weighted by atomic mass is 32.1. The molecule has 1 aliphatic heterocycles. The first-order valence-corrected chi connectivity index (χ1v) is 8.01. The summed E-state index contributed by atoms with van der Waals surface area (Å²) in [6, 6.07) is 0. The molecule has 4 nitrogen and oxygen atoms in total. The average Bonchev–Trinajstić information content (AvgIpc) is 2.80. The van der Waals surface area contributed by atoms with Crippen LogP contribution in [0.1, 0.15) is 32.3 Å². The van der Waals surface area contributed by atoms with E-state index in [2.05, 4.69) is 27.2 Å². The van der Waals surface area contributed by atoms with Gasteiger partial charge in [0.1, 0.15) is 12.1 Å². The number of anilines is 1. The van der Waals surface area contributed by atoms with E-state index in [0.29, 0.717) is 5.92 Å². The summed E-state index contributed by atoms with van der Waals surface area (Å²) in [6.07, 6.45) is 3.69. The standard InChI is InChI=1S/C15H21N3OS/c1-10-8-20-13-12(10)16-9-17-14(13)18-6-4-11(5-7-18)15(2,3)19/h8-9,11,19H,4-7H2,1-3H3. The van der Waals surface area contributed by atoms with Gasteiger partial charge >= 0.3 is 0 Å². The molecule has 3 heterocycles. The van der Waals surface area contributed by atoms with E-state index < -0.39 is 5.60 Å². The molecule has 0 radical (unpaired) electrons. The molecule has 1 N–H and O–H groups in total. The number of nitrogens with zero attached hydrogens (tertiary/aromatic N) is 3. The fourth-order valence-electron chi connectivity index (χ4n) is 2.98. The van der Waals surface area contributed by atoms with E-state index in [4.69, 9.17) is 0 Å². The molecule has 0 aliphatic carbocycles. The monoisotopic (exact) mass is 291 g/mol. The minimum absolute atomic E-state index is 0.376. The van der Waals surface area contributed by atoms with Crippen LogP contribution in [0.15, 0.2) is 11.7 Å². The Morgan fingerprint density at radius 3 is 2.65 bits per heavy atom. The maximum Gasteiger partial charge on any atom is 0.150 e. The van der Waals surface area contributed by atoms with Gasteiger partial charge in [-0.3, -0.25) is 0 Å². The Labute approximate surface area is 123 Å². The molecule has 108 valence electrons. The first kappa shape index (κ1) is 13.8. The number of fused-ring (bicyclic) bond motifs is 1. The van der Waals surface area contributed by atoms with Gasteiger partial charge in [0.05, 0.1) is 15.8 Å². The van der Waals surface area contributed by atoms with Gasteiger partial charge in [0, 0.05) is 13.1 Å². The largest absolute Gasteiger partial charge is 0.390 e. The van der Waals surface area contributed by atoms with Crippen molar-refractivity contribution in [1.82, 2.24) is 9.97 Å². The lowest BCUT2D eigenvalue weighted by molar-refractivity contribution is 0.00648. The quantitative estimate of drug-likeness (QED) is 0.924. The molecule has 0 spiro atoms. The van der Waals surface area contributed by atoms with Crippen molar-refractivity contribution in [3.05, 3.63) is 17.3 Å². The highest BCUT2D eigenvalue weighted by molar-refractivity contribution is 7.18. The minimum atomic E-state index is -0.577. The van der Waals surface area contributed by atoms with E-state index in [1.54, 1.807) is 17.7 Å². The molecule has 0 unspecified atom stereocenters. The third-order valence-electron chi connectivity index (χ3n) is 4.31. The number of hydrogen-bond acceptors (Lipinski definition) is 5. The maximum absolute atomic E-state index is 10.1. The van der Waals surface area contributed by atoms with Gasteiger partial charge in [-0.1, -0.05) is 0 Å². The SMILES string of the molecule is Cc1csc2c(N3CCC(C(C)(C)O)CC3)ncnc12. The number of piperidine rings is 1. The Bertz CT molecular complexity index is 609. The summed E-state index contributed by atoms with van der Waals surface area (Å²) < 4.78 is 1.19. The smallest absolute Gasteiger partial charge is 0.150 e. The van der Waals surface area contributed by atoms with Gasteiger partial charge < -0.3 is 10.0 Å². The fourth-order valence-corrected chi connectivity index (χ4v) is 4.00. The number of thiophene rings is 1. The van der Waals surface area contributed by atoms with Crippen LogP contribution in [-0.4, -0.2) is 33.8 Å². The Morgan fingerprint density at radius 1 is 1.30 bits per heavy atom. The molecular formula is C15H21N3OS. The molecule has 0 atom stereocenters. The van der Waals surface area contributed by atoms with Crippen molar-refractivity contribution in [3.63, 3.8) is 0 Å². The zero-order valence-electron chi connectivity index (χ0n) is 12.3. The number of aliphatic hydroxyl groups is 1. The van der Waals surface area contributed by atoms with Crippen molar-refractivity contribution in [2.24, 2.45) is 5.92 Å². The maximum atomic E-state index is 10.1. The number of aryl methyl sites for hydroxylation is 1. The van der Waals surface area contributed by atoms with Gasteiger partial charge in [0.2, 0.25) is 0 Å². The first-order chi connectivity index (χ1) is 9.47. The molecule has 5 heteroatoms. The second-order valence-corrected chi connectivity index (χ2v) is 7.09. The molecule has 0 saturated carbocycles. The summed E-state index contributed by atoms with van der Waals surface area (Å²) in [6.45, 7) is 7.84. The first-order valence-electron chi connectivity index (χ1n) is 7.13. The topological polar surface area (TPSA) is 49.2 Å². The van der Waals surface area contributed by atoms with Gasteiger partial charge in [0.25, 0.3) is 0 Å². The van der Waals surface area contributed by atoms with Gasteiger partial charge in [0.15, 0.2) is 0 Å². The Kier molecular flexibility index (Phi) is 3.42. The zero-order chi connectivity index (χ0) is 14.3. The van der Waals surface area contributed by atoms with Crippen LogP contribution >= 0.6 is 11.3 Å². The van der Waals surface area contributed by atoms with E-state index in [1.807, 2.05) is 13.8 Å². The van der Waals surface area contributed by atoms with Crippen molar-refractivity contribution < 1.29 is 5.11 Å². The average molecular weight is 291 g/mol. The zero-order valence-corrected chi connectivity index (χ0v) is 13.1. The van der Waals surface area contributed by atoms with Crippen LogP contribution in [0.25, 0.3) is 10.2 Å². The molecule has 0 bridgehead atoms. The van der Waals surface area contributed by atoms with Crippen LogP contribution in [0.2, 0.25) is 0 Å². The molecule has 1 aliphatic rings. The van der Waals surface area contributed by atoms with E-state index >= 15 is 0 Å². The molecule has 1 saturated heterocycles. The lowest BCUT2D eigenvalue weighted by atomic mass is 9.83. The van der Waals surface area contributed by atoms with Crippen LogP contribution < -0.4 is 4.90 Å². The fraction of sp³-hybridized carbons (Fsp3) is 0.600. The van der Waals surface area contributed by atoms with Gasteiger partial charge in [-0.05, 0) is 50.5 Å². The van der Waals surface area contributed by atoms with Crippen molar-refractivity contribution in [3.8, 4) is 0 Å².